The first-order chi connectivity index (χ1) is 14.7. The molecule has 0 aliphatic rings. The predicted octanol–water partition coefficient (Wildman–Crippen LogP) is 5.27. The van der Waals surface area contributed by atoms with Crippen molar-refractivity contribution in [1.29, 1.82) is 5.41 Å². The quantitative estimate of drug-likeness (QED) is 0.229. The van der Waals surface area contributed by atoms with Crippen molar-refractivity contribution in [3.05, 3.63) is 57.6 Å². The third kappa shape index (κ3) is 5.34. The number of aliphatic hydroxyl groups is 1. The summed E-state index contributed by atoms with van der Waals surface area (Å²) < 4.78 is 38.3. The number of anilines is 2. The maximum atomic E-state index is 14.7. The Morgan fingerprint density at radius 3 is 2.68 bits per heavy atom. The topological polar surface area (TPSA) is 110 Å². The van der Waals surface area contributed by atoms with E-state index in [9.17, 15) is 13.9 Å². The summed E-state index contributed by atoms with van der Waals surface area (Å²) >= 11 is 12.6. The van der Waals surface area contributed by atoms with Gasteiger partial charge in [0.25, 0.3) is 0 Å². The van der Waals surface area contributed by atoms with Gasteiger partial charge in [0.05, 0.1) is 17.3 Å². The standard InChI is InChI=1S/C19H16Cl2F2N4O3S/c1-8(7-28)25-17(24)16-18(29)27-31-19(16)26-13-5-12(23)15(6-11(13)22)30-14-4-9(20)2-3-10(14)21/h2-6,8,26,28H,7H2,1H3,(H2,24,25)(H,27,29). The fraction of sp³-hybridized carbons (Fsp3) is 0.158. The van der Waals surface area contributed by atoms with E-state index >= 15 is 0 Å². The van der Waals surface area contributed by atoms with E-state index in [0.717, 1.165) is 23.7 Å². The molecule has 3 rings (SSSR count). The number of hydrogen-bond donors (Lipinski definition) is 5. The van der Waals surface area contributed by atoms with Crippen LogP contribution in [0.1, 0.15) is 12.5 Å². The van der Waals surface area contributed by atoms with Gasteiger partial charge in [-0.05, 0) is 30.6 Å². The maximum absolute atomic E-state index is 14.7. The Balaban J connectivity index is 1.87. The lowest BCUT2D eigenvalue weighted by Crippen LogP contribution is -2.35. The monoisotopic (exact) mass is 488 g/mol. The van der Waals surface area contributed by atoms with Crippen LogP contribution < -0.4 is 15.4 Å². The summed E-state index contributed by atoms with van der Waals surface area (Å²) in [5.74, 6) is -2.82. The number of rotatable bonds is 7. The van der Waals surface area contributed by atoms with Gasteiger partial charge in [0.15, 0.2) is 17.4 Å². The number of amidine groups is 1. The Kier molecular flexibility index (Phi) is 7.16. The largest absolute Gasteiger partial charge is 0.492 e. The molecule has 1 unspecified atom stereocenters. The molecule has 1 aromatic heterocycles. The number of aromatic nitrogens is 1. The molecule has 0 fully saturated rings. The first kappa shape index (κ1) is 23.0. The van der Waals surface area contributed by atoms with Crippen LogP contribution in [0.25, 0.3) is 0 Å². The minimum absolute atomic E-state index is 0.0452. The van der Waals surface area contributed by atoms with E-state index in [1.54, 1.807) is 6.92 Å². The minimum Gasteiger partial charge on any atom is -0.492 e. The van der Waals surface area contributed by atoms with Crippen LogP contribution in [-0.4, -0.2) is 33.1 Å². The lowest BCUT2D eigenvalue weighted by atomic mass is 10.2. The van der Waals surface area contributed by atoms with E-state index < -0.39 is 29.3 Å². The van der Waals surface area contributed by atoms with E-state index in [-0.39, 0.29) is 39.5 Å². The smallest absolute Gasteiger partial charge is 0.236 e. The van der Waals surface area contributed by atoms with Crippen LogP contribution in [0.5, 0.6) is 17.4 Å². The average molecular weight is 489 g/mol. The fourth-order valence-corrected chi connectivity index (χ4v) is 3.48. The number of aliphatic hydroxyl groups excluding tert-OH is 1. The number of hydrogen-bond acceptors (Lipinski definition) is 7. The first-order valence-electron chi connectivity index (χ1n) is 8.73. The second-order valence-electron chi connectivity index (χ2n) is 6.38. The van der Waals surface area contributed by atoms with E-state index in [2.05, 4.69) is 15.0 Å². The fourth-order valence-electron chi connectivity index (χ4n) is 2.46. The van der Waals surface area contributed by atoms with Gasteiger partial charge in [-0.3, -0.25) is 5.41 Å². The van der Waals surface area contributed by atoms with Gasteiger partial charge in [0.2, 0.25) is 5.88 Å². The van der Waals surface area contributed by atoms with Crippen LogP contribution in [0.2, 0.25) is 10.0 Å². The predicted molar refractivity (Wildman–Crippen MR) is 116 cm³/mol. The zero-order valence-electron chi connectivity index (χ0n) is 15.8. The van der Waals surface area contributed by atoms with Gasteiger partial charge in [-0.15, -0.1) is 0 Å². The normalized spacial score (nSPS) is 11.8. The molecule has 1 heterocycles. The molecular weight excluding hydrogens is 473 g/mol. The summed E-state index contributed by atoms with van der Waals surface area (Å²) in [6, 6.07) is 5.57. The maximum Gasteiger partial charge on any atom is 0.236 e. The summed E-state index contributed by atoms with van der Waals surface area (Å²) in [7, 11) is 0. The second kappa shape index (κ2) is 9.65. The molecular formula is C19H16Cl2F2N4O3S. The van der Waals surface area contributed by atoms with Crippen LogP contribution in [0, 0.1) is 17.0 Å². The number of ether oxygens (including phenoxy) is 1. The summed E-state index contributed by atoms with van der Waals surface area (Å²) in [4.78, 5) is 0. The molecule has 7 nitrogen and oxygen atoms in total. The first-order valence-corrected chi connectivity index (χ1v) is 10.3. The molecule has 2 aromatic carbocycles. The summed E-state index contributed by atoms with van der Waals surface area (Å²) in [5.41, 5.74) is -0.314. The zero-order chi connectivity index (χ0) is 22.7. The minimum atomic E-state index is -0.891. The zero-order valence-corrected chi connectivity index (χ0v) is 18.2. The Morgan fingerprint density at radius 2 is 1.97 bits per heavy atom. The molecule has 0 radical (unpaired) electrons. The van der Waals surface area contributed by atoms with Crippen molar-refractivity contribution in [2.45, 2.75) is 13.0 Å². The second-order valence-corrected chi connectivity index (χ2v) is 7.99. The number of nitrogens with zero attached hydrogens (tertiary/aromatic N) is 1. The summed E-state index contributed by atoms with van der Waals surface area (Å²) in [6.07, 6.45) is 0. The summed E-state index contributed by atoms with van der Waals surface area (Å²) in [6.45, 7) is 1.37. The van der Waals surface area contributed by atoms with Gasteiger partial charge in [-0.2, -0.15) is 4.37 Å². The van der Waals surface area contributed by atoms with Gasteiger partial charge >= 0.3 is 0 Å². The van der Waals surface area contributed by atoms with Crippen LogP contribution in [0.15, 0.2) is 30.3 Å². The van der Waals surface area contributed by atoms with E-state index in [1.807, 2.05) is 0 Å². The molecule has 12 heteroatoms. The van der Waals surface area contributed by atoms with Gasteiger partial charge in [-0.25, -0.2) is 8.78 Å². The molecule has 0 saturated carbocycles. The highest BCUT2D eigenvalue weighted by Crippen LogP contribution is 2.37. The molecule has 1 atom stereocenters. The Morgan fingerprint density at radius 1 is 1.23 bits per heavy atom. The molecule has 0 amide bonds. The van der Waals surface area contributed by atoms with Crippen LogP contribution >= 0.6 is 34.7 Å². The average Bonchev–Trinajstić information content (AvgIpc) is 3.08. The lowest BCUT2D eigenvalue weighted by molar-refractivity contribution is 0.264. The van der Waals surface area contributed by atoms with Crippen LogP contribution in [0.3, 0.4) is 0 Å². The molecule has 0 spiro atoms. The summed E-state index contributed by atoms with van der Waals surface area (Å²) in [5, 5.41) is 33.0. The molecule has 31 heavy (non-hydrogen) atoms. The van der Waals surface area contributed by atoms with Crippen molar-refractivity contribution >= 4 is 51.3 Å². The third-order valence-corrected chi connectivity index (χ3v) is 5.27. The van der Waals surface area contributed by atoms with E-state index in [0.29, 0.717) is 5.02 Å². The number of benzene rings is 2. The van der Waals surface area contributed by atoms with Gasteiger partial charge in [-0.1, -0.05) is 23.2 Å². The molecule has 0 aliphatic heterocycles. The molecule has 0 aliphatic carbocycles. The number of aromatic hydroxyl groups is 1. The van der Waals surface area contributed by atoms with Crippen molar-refractivity contribution in [2.75, 3.05) is 11.9 Å². The Labute approximate surface area is 189 Å². The van der Waals surface area contributed by atoms with E-state index in [4.69, 9.17) is 38.5 Å². The highest BCUT2D eigenvalue weighted by Gasteiger charge is 2.21. The highest BCUT2D eigenvalue weighted by atomic mass is 35.5. The van der Waals surface area contributed by atoms with Crippen LogP contribution in [-0.2, 0) is 0 Å². The number of nitrogens with one attached hydrogen (secondary N) is 3. The molecule has 0 saturated heterocycles. The molecule has 5 N–H and O–H groups in total. The van der Waals surface area contributed by atoms with Gasteiger partial charge in [0, 0.05) is 29.3 Å². The van der Waals surface area contributed by atoms with E-state index in [1.165, 1.54) is 18.2 Å². The van der Waals surface area contributed by atoms with Crippen molar-refractivity contribution in [1.82, 2.24) is 9.69 Å². The SMILES string of the molecule is CC(CO)NC(=N)c1c(O)nsc1Nc1cc(F)c(Oc2cc(Cl)ccc2Cl)cc1F. The third-order valence-electron chi connectivity index (χ3n) is 3.97. The molecule has 0 bridgehead atoms. The number of halogens is 4. The van der Waals surface area contributed by atoms with Gasteiger partial charge in [0.1, 0.15) is 22.1 Å². The Bertz CT molecular complexity index is 1130. The van der Waals surface area contributed by atoms with Crippen molar-refractivity contribution in [3.63, 3.8) is 0 Å². The van der Waals surface area contributed by atoms with Crippen molar-refractivity contribution in [2.24, 2.45) is 0 Å². The van der Waals surface area contributed by atoms with Crippen molar-refractivity contribution < 1.29 is 23.7 Å². The Hall–Kier alpha value is -2.66. The van der Waals surface area contributed by atoms with Crippen molar-refractivity contribution in [3.8, 4) is 17.4 Å². The molecule has 164 valence electrons. The highest BCUT2D eigenvalue weighted by molar-refractivity contribution is 7.11. The van der Waals surface area contributed by atoms with Crippen LogP contribution in [0.4, 0.5) is 19.5 Å². The lowest BCUT2D eigenvalue weighted by Gasteiger charge is -2.15. The van der Waals surface area contributed by atoms with Gasteiger partial charge < -0.3 is 25.6 Å². The molecule has 3 aromatic rings.